The molecule has 0 bridgehead atoms. The Morgan fingerprint density at radius 2 is 1.56 bits per heavy atom. The molecule has 2 aromatic rings. The van der Waals surface area contributed by atoms with E-state index < -0.39 is 17.5 Å². The standard InChI is InChI=1S/C20H24N2O3/c1-15(2)13-20(18(23)24,14-16-9-5-3-6-10-16)22-19(25)21-17-11-7-4-8-12-17/h3-12,15H,13-14H2,1-2H3,(H,23,24)(H2,21,22,25)/t20-/m0/s1. The maximum absolute atomic E-state index is 12.4. The number of rotatable bonds is 7. The molecule has 2 amide bonds. The Bertz CT molecular complexity index is 701. The Kier molecular flexibility index (Phi) is 6.17. The van der Waals surface area contributed by atoms with E-state index in [9.17, 15) is 14.7 Å². The van der Waals surface area contributed by atoms with Crippen molar-refractivity contribution in [3.8, 4) is 0 Å². The summed E-state index contributed by atoms with van der Waals surface area (Å²) in [6.07, 6.45) is 0.559. The van der Waals surface area contributed by atoms with Crippen LogP contribution in [0.25, 0.3) is 0 Å². The molecule has 0 saturated heterocycles. The predicted octanol–water partition coefficient (Wildman–Crippen LogP) is 3.92. The molecule has 0 aliphatic carbocycles. The number of carbonyl (C=O) groups excluding carboxylic acids is 1. The van der Waals surface area contributed by atoms with Gasteiger partial charge in [0.2, 0.25) is 0 Å². The van der Waals surface area contributed by atoms with Crippen LogP contribution in [0.5, 0.6) is 0 Å². The zero-order chi connectivity index (χ0) is 18.3. The minimum atomic E-state index is -1.37. The second-order valence-electron chi connectivity index (χ2n) is 6.59. The van der Waals surface area contributed by atoms with Gasteiger partial charge >= 0.3 is 12.0 Å². The summed E-state index contributed by atoms with van der Waals surface area (Å²) >= 11 is 0. The van der Waals surface area contributed by atoms with Crippen molar-refractivity contribution in [2.45, 2.75) is 32.2 Å². The second-order valence-corrected chi connectivity index (χ2v) is 6.59. The van der Waals surface area contributed by atoms with E-state index in [2.05, 4.69) is 10.6 Å². The number of aliphatic carboxylic acids is 1. The topological polar surface area (TPSA) is 78.4 Å². The highest BCUT2D eigenvalue weighted by atomic mass is 16.4. The SMILES string of the molecule is CC(C)C[C@@](Cc1ccccc1)(NC(=O)Nc1ccccc1)C(=O)O. The van der Waals surface area contributed by atoms with Crippen molar-refractivity contribution >= 4 is 17.7 Å². The van der Waals surface area contributed by atoms with Crippen LogP contribution in [0.15, 0.2) is 60.7 Å². The molecule has 5 heteroatoms. The van der Waals surface area contributed by atoms with Crippen LogP contribution in [0.1, 0.15) is 25.8 Å². The minimum Gasteiger partial charge on any atom is -0.479 e. The van der Waals surface area contributed by atoms with E-state index >= 15 is 0 Å². The van der Waals surface area contributed by atoms with Crippen LogP contribution in [-0.2, 0) is 11.2 Å². The van der Waals surface area contributed by atoms with Crippen molar-refractivity contribution in [2.24, 2.45) is 5.92 Å². The number of hydrogen-bond donors (Lipinski definition) is 3. The van der Waals surface area contributed by atoms with Gasteiger partial charge in [0.25, 0.3) is 0 Å². The van der Waals surface area contributed by atoms with E-state index in [0.717, 1.165) is 5.56 Å². The molecule has 0 aromatic heterocycles. The van der Waals surface area contributed by atoms with Crippen LogP contribution in [0.4, 0.5) is 10.5 Å². The van der Waals surface area contributed by atoms with Gasteiger partial charge in [-0.15, -0.1) is 0 Å². The Morgan fingerprint density at radius 3 is 2.08 bits per heavy atom. The predicted molar refractivity (Wildman–Crippen MR) is 98.6 cm³/mol. The van der Waals surface area contributed by atoms with Gasteiger partial charge in [-0.05, 0) is 30.0 Å². The number of carboxylic acid groups (broad SMARTS) is 1. The fourth-order valence-corrected chi connectivity index (χ4v) is 2.93. The number of nitrogens with one attached hydrogen (secondary N) is 2. The molecule has 1 atom stereocenters. The molecule has 0 aliphatic heterocycles. The number of para-hydroxylation sites is 1. The maximum Gasteiger partial charge on any atom is 0.329 e. The summed E-state index contributed by atoms with van der Waals surface area (Å²) in [4.78, 5) is 24.5. The molecule has 0 spiro atoms. The minimum absolute atomic E-state index is 0.108. The Morgan fingerprint density at radius 1 is 1.00 bits per heavy atom. The Labute approximate surface area is 148 Å². The first kappa shape index (κ1) is 18.5. The zero-order valence-corrected chi connectivity index (χ0v) is 14.5. The van der Waals surface area contributed by atoms with Crippen LogP contribution < -0.4 is 10.6 Å². The lowest BCUT2D eigenvalue weighted by molar-refractivity contribution is -0.145. The molecular weight excluding hydrogens is 316 g/mol. The third kappa shape index (κ3) is 5.35. The largest absolute Gasteiger partial charge is 0.479 e. The fraction of sp³-hybridized carbons (Fsp3) is 0.300. The maximum atomic E-state index is 12.4. The summed E-state index contributed by atoms with van der Waals surface area (Å²) in [5, 5.41) is 15.3. The average molecular weight is 340 g/mol. The van der Waals surface area contributed by atoms with Gasteiger partial charge in [-0.2, -0.15) is 0 Å². The normalized spacial score (nSPS) is 13.1. The number of carboxylic acids is 1. The molecule has 3 N–H and O–H groups in total. The van der Waals surface area contributed by atoms with Crippen LogP contribution in [0, 0.1) is 5.92 Å². The van der Waals surface area contributed by atoms with E-state index in [4.69, 9.17) is 0 Å². The lowest BCUT2D eigenvalue weighted by atomic mass is 9.83. The average Bonchev–Trinajstić information content (AvgIpc) is 2.55. The van der Waals surface area contributed by atoms with Gasteiger partial charge in [0.05, 0.1) is 0 Å². The fourth-order valence-electron chi connectivity index (χ4n) is 2.93. The number of amides is 2. The summed E-state index contributed by atoms with van der Waals surface area (Å²) in [5.74, 6) is -0.926. The van der Waals surface area contributed by atoms with Crippen LogP contribution in [0.3, 0.4) is 0 Å². The van der Waals surface area contributed by atoms with E-state index in [1.54, 1.807) is 24.3 Å². The molecule has 2 rings (SSSR count). The molecule has 2 aromatic carbocycles. The van der Waals surface area contributed by atoms with Gasteiger partial charge in [-0.1, -0.05) is 62.4 Å². The first-order chi connectivity index (χ1) is 11.9. The number of benzene rings is 2. The lowest BCUT2D eigenvalue weighted by Crippen LogP contribution is -2.58. The summed E-state index contributed by atoms with van der Waals surface area (Å²) in [6.45, 7) is 3.89. The van der Waals surface area contributed by atoms with E-state index in [1.807, 2.05) is 50.2 Å². The van der Waals surface area contributed by atoms with Crippen LogP contribution in [0.2, 0.25) is 0 Å². The molecular formula is C20H24N2O3. The highest BCUT2D eigenvalue weighted by Gasteiger charge is 2.40. The third-order valence-corrected chi connectivity index (χ3v) is 3.90. The number of carbonyl (C=O) groups is 2. The molecule has 5 nitrogen and oxygen atoms in total. The highest BCUT2D eigenvalue weighted by molar-refractivity contribution is 5.94. The smallest absolute Gasteiger partial charge is 0.329 e. The summed E-state index contributed by atoms with van der Waals surface area (Å²) in [6, 6.07) is 17.8. The zero-order valence-electron chi connectivity index (χ0n) is 14.5. The van der Waals surface area contributed by atoms with E-state index in [0.29, 0.717) is 12.1 Å². The van der Waals surface area contributed by atoms with Crippen molar-refractivity contribution in [3.05, 3.63) is 66.2 Å². The number of hydrogen-bond acceptors (Lipinski definition) is 2. The van der Waals surface area contributed by atoms with Crippen molar-refractivity contribution < 1.29 is 14.7 Å². The van der Waals surface area contributed by atoms with Gasteiger partial charge in [0.15, 0.2) is 0 Å². The summed E-state index contributed by atoms with van der Waals surface area (Å²) in [7, 11) is 0. The molecule has 25 heavy (non-hydrogen) atoms. The van der Waals surface area contributed by atoms with Crippen LogP contribution >= 0.6 is 0 Å². The molecule has 0 radical (unpaired) electrons. The molecule has 0 unspecified atom stereocenters. The number of urea groups is 1. The lowest BCUT2D eigenvalue weighted by Gasteiger charge is -2.32. The highest BCUT2D eigenvalue weighted by Crippen LogP contribution is 2.23. The molecule has 132 valence electrons. The molecule has 0 aliphatic rings. The summed E-state index contributed by atoms with van der Waals surface area (Å²) in [5.41, 5.74) is 0.114. The van der Waals surface area contributed by atoms with Crippen LogP contribution in [-0.4, -0.2) is 22.6 Å². The van der Waals surface area contributed by atoms with Crippen molar-refractivity contribution in [1.29, 1.82) is 0 Å². The summed E-state index contributed by atoms with van der Waals surface area (Å²) < 4.78 is 0. The van der Waals surface area contributed by atoms with Gasteiger partial charge in [-0.25, -0.2) is 9.59 Å². The van der Waals surface area contributed by atoms with E-state index in [1.165, 1.54) is 0 Å². The molecule has 0 fully saturated rings. The van der Waals surface area contributed by atoms with Crippen molar-refractivity contribution in [3.63, 3.8) is 0 Å². The van der Waals surface area contributed by atoms with Crippen molar-refractivity contribution in [1.82, 2.24) is 5.32 Å². The first-order valence-corrected chi connectivity index (χ1v) is 8.33. The van der Waals surface area contributed by atoms with Gasteiger partial charge in [-0.3, -0.25) is 0 Å². The Hall–Kier alpha value is -2.82. The second kappa shape index (κ2) is 8.33. The van der Waals surface area contributed by atoms with Crippen molar-refractivity contribution in [2.75, 3.05) is 5.32 Å². The van der Waals surface area contributed by atoms with E-state index in [-0.39, 0.29) is 12.3 Å². The quantitative estimate of drug-likeness (QED) is 0.715. The van der Waals surface area contributed by atoms with Gasteiger partial charge < -0.3 is 15.7 Å². The number of anilines is 1. The van der Waals surface area contributed by atoms with Gasteiger partial charge in [0.1, 0.15) is 5.54 Å². The first-order valence-electron chi connectivity index (χ1n) is 8.33. The molecule has 0 heterocycles. The third-order valence-electron chi connectivity index (χ3n) is 3.90. The molecule has 0 saturated carbocycles. The van der Waals surface area contributed by atoms with Gasteiger partial charge in [0, 0.05) is 12.1 Å². The monoisotopic (exact) mass is 340 g/mol. The Balaban J connectivity index is 2.23.